The first-order valence-electron chi connectivity index (χ1n) is 6.52. The van der Waals surface area contributed by atoms with Crippen LogP contribution in [0.25, 0.3) is 10.8 Å². The molecule has 18 heavy (non-hydrogen) atoms. The van der Waals surface area contributed by atoms with Crippen LogP contribution >= 0.6 is 0 Å². The number of nitrogens with one attached hydrogen (secondary N) is 1. The van der Waals surface area contributed by atoms with Gasteiger partial charge in [0, 0.05) is 23.4 Å². The third-order valence-electron chi connectivity index (χ3n) is 3.10. The summed E-state index contributed by atoms with van der Waals surface area (Å²) in [7, 11) is 0. The lowest BCUT2D eigenvalue weighted by molar-refractivity contribution is 0.612. The summed E-state index contributed by atoms with van der Waals surface area (Å²) in [4.78, 5) is 0. The standard InChI is InChI=1S/C14H20N4/c1-2-3-7-12(9-15)17-14-13-8-5-4-6-11(13)10-16-18-14/h4-6,8,10,12H,2-3,7,9,15H2,1H3,(H,17,18). The topological polar surface area (TPSA) is 63.8 Å². The number of hydrogen-bond acceptors (Lipinski definition) is 4. The van der Waals surface area contributed by atoms with Crippen LogP contribution in [0.15, 0.2) is 30.5 Å². The maximum absolute atomic E-state index is 5.79. The van der Waals surface area contributed by atoms with E-state index in [1.54, 1.807) is 6.20 Å². The van der Waals surface area contributed by atoms with Crippen molar-refractivity contribution in [1.29, 1.82) is 0 Å². The predicted molar refractivity (Wildman–Crippen MR) is 75.5 cm³/mol. The van der Waals surface area contributed by atoms with E-state index < -0.39 is 0 Å². The highest BCUT2D eigenvalue weighted by atomic mass is 15.2. The summed E-state index contributed by atoms with van der Waals surface area (Å²) in [5, 5.41) is 13.8. The van der Waals surface area contributed by atoms with Crippen LogP contribution in [0.4, 0.5) is 5.82 Å². The fourth-order valence-corrected chi connectivity index (χ4v) is 2.03. The number of aromatic nitrogens is 2. The van der Waals surface area contributed by atoms with Gasteiger partial charge in [-0.3, -0.25) is 0 Å². The van der Waals surface area contributed by atoms with Crippen LogP contribution in [0.5, 0.6) is 0 Å². The summed E-state index contributed by atoms with van der Waals surface area (Å²) in [6.45, 7) is 2.80. The van der Waals surface area contributed by atoms with Gasteiger partial charge in [-0.15, -0.1) is 5.10 Å². The lowest BCUT2D eigenvalue weighted by Gasteiger charge is -2.17. The van der Waals surface area contributed by atoms with Gasteiger partial charge < -0.3 is 11.1 Å². The third-order valence-corrected chi connectivity index (χ3v) is 3.10. The Morgan fingerprint density at radius 1 is 1.33 bits per heavy atom. The van der Waals surface area contributed by atoms with Crippen LogP contribution in [-0.2, 0) is 0 Å². The highest BCUT2D eigenvalue weighted by molar-refractivity contribution is 5.90. The molecule has 2 rings (SSSR count). The maximum Gasteiger partial charge on any atom is 0.156 e. The molecule has 3 N–H and O–H groups in total. The summed E-state index contributed by atoms with van der Waals surface area (Å²) < 4.78 is 0. The average molecular weight is 244 g/mol. The van der Waals surface area contributed by atoms with Crippen LogP contribution < -0.4 is 11.1 Å². The molecule has 0 saturated heterocycles. The first-order valence-corrected chi connectivity index (χ1v) is 6.52. The summed E-state index contributed by atoms with van der Waals surface area (Å²) >= 11 is 0. The van der Waals surface area contributed by atoms with E-state index in [2.05, 4.69) is 28.5 Å². The van der Waals surface area contributed by atoms with Crippen molar-refractivity contribution in [2.24, 2.45) is 5.73 Å². The highest BCUT2D eigenvalue weighted by Gasteiger charge is 2.09. The number of anilines is 1. The number of nitrogens with two attached hydrogens (primary N) is 1. The molecule has 4 heteroatoms. The Balaban J connectivity index is 2.19. The molecule has 0 aliphatic heterocycles. The molecule has 0 aliphatic rings. The zero-order chi connectivity index (χ0) is 12.8. The second-order valence-electron chi connectivity index (χ2n) is 4.50. The van der Waals surface area contributed by atoms with E-state index in [9.17, 15) is 0 Å². The summed E-state index contributed by atoms with van der Waals surface area (Å²) in [6.07, 6.45) is 5.20. The van der Waals surface area contributed by atoms with Gasteiger partial charge >= 0.3 is 0 Å². The highest BCUT2D eigenvalue weighted by Crippen LogP contribution is 2.20. The van der Waals surface area contributed by atoms with Crippen molar-refractivity contribution in [3.05, 3.63) is 30.5 Å². The van der Waals surface area contributed by atoms with E-state index in [1.165, 1.54) is 12.8 Å². The second kappa shape index (κ2) is 6.31. The Labute approximate surface area is 108 Å². The Kier molecular flexibility index (Phi) is 4.47. The van der Waals surface area contributed by atoms with Gasteiger partial charge in [-0.2, -0.15) is 5.10 Å². The Bertz CT molecular complexity index is 493. The molecule has 0 fully saturated rings. The molecular weight excluding hydrogens is 224 g/mol. The van der Waals surface area contributed by atoms with Gasteiger partial charge in [0.15, 0.2) is 5.82 Å². The third kappa shape index (κ3) is 2.96. The largest absolute Gasteiger partial charge is 0.364 e. The fourth-order valence-electron chi connectivity index (χ4n) is 2.03. The minimum Gasteiger partial charge on any atom is -0.364 e. The van der Waals surface area contributed by atoms with E-state index in [1.807, 2.05) is 18.2 Å². The van der Waals surface area contributed by atoms with Crippen molar-refractivity contribution < 1.29 is 0 Å². The Morgan fingerprint density at radius 2 is 2.17 bits per heavy atom. The maximum atomic E-state index is 5.79. The first-order chi connectivity index (χ1) is 8.85. The molecule has 1 aromatic heterocycles. The SMILES string of the molecule is CCCCC(CN)Nc1nncc2ccccc12. The number of hydrogen-bond donors (Lipinski definition) is 2. The summed E-state index contributed by atoms with van der Waals surface area (Å²) in [5.74, 6) is 0.833. The Hall–Kier alpha value is -1.68. The number of unbranched alkanes of at least 4 members (excludes halogenated alkanes) is 1. The van der Waals surface area contributed by atoms with Crippen molar-refractivity contribution in [1.82, 2.24) is 10.2 Å². The molecule has 1 heterocycles. The molecule has 4 nitrogen and oxygen atoms in total. The van der Waals surface area contributed by atoms with E-state index in [4.69, 9.17) is 5.73 Å². The minimum atomic E-state index is 0.269. The lowest BCUT2D eigenvalue weighted by atomic mass is 10.1. The smallest absolute Gasteiger partial charge is 0.156 e. The quantitative estimate of drug-likeness (QED) is 0.819. The predicted octanol–water partition coefficient (Wildman–Crippen LogP) is 2.56. The van der Waals surface area contributed by atoms with Gasteiger partial charge in [0.1, 0.15) is 0 Å². The normalized spacial score (nSPS) is 12.6. The molecule has 1 unspecified atom stereocenters. The van der Waals surface area contributed by atoms with Crippen LogP contribution in [-0.4, -0.2) is 22.8 Å². The zero-order valence-corrected chi connectivity index (χ0v) is 10.8. The number of benzene rings is 1. The van der Waals surface area contributed by atoms with Crippen LogP contribution in [0, 0.1) is 0 Å². The van der Waals surface area contributed by atoms with Gasteiger partial charge in [-0.05, 0) is 6.42 Å². The van der Waals surface area contributed by atoms with Crippen LogP contribution in [0.2, 0.25) is 0 Å². The molecule has 0 saturated carbocycles. The number of fused-ring (bicyclic) bond motifs is 1. The minimum absolute atomic E-state index is 0.269. The monoisotopic (exact) mass is 244 g/mol. The van der Waals surface area contributed by atoms with E-state index in [-0.39, 0.29) is 6.04 Å². The molecule has 1 aromatic carbocycles. The van der Waals surface area contributed by atoms with Crippen molar-refractivity contribution in [2.45, 2.75) is 32.2 Å². The van der Waals surface area contributed by atoms with Gasteiger partial charge in [0.25, 0.3) is 0 Å². The van der Waals surface area contributed by atoms with Gasteiger partial charge in [0.05, 0.1) is 6.20 Å². The Morgan fingerprint density at radius 3 is 2.94 bits per heavy atom. The molecular formula is C14H20N4. The molecule has 2 aromatic rings. The van der Waals surface area contributed by atoms with Crippen molar-refractivity contribution in [2.75, 3.05) is 11.9 Å². The number of nitrogens with zero attached hydrogens (tertiary/aromatic N) is 2. The molecule has 0 bridgehead atoms. The van der Waals surface area contributed by atoms with E-state index in [0.717, 1.165) is 23.0 Å². The van der Waals surface area contributed by atoms with E-state index >= 15 is 0 Å². The molecule has 0 spiro atoms. The summed E-state index contributed by atoms with van der Waals surface area (Å²) in [5.41, 5.74) is 5.79. The van der Waals surface area contributed by atoms with Crippen LogP contribution in [0.1, 0.15) is 26.2 Å². The molecule has 0 aliphatic carbocycles. The van der Waals surface area contributed by atoms with Gasteiger partial charge in [0.2, 0.25) is 0 Å². The second-order valence-corrected chi connectivity index (χ2v) is 4.50. The van der Waals surface area contributed by atoms with Crippen LogP contribution in [0.3, 0.4) is 0 Å². The fraction of sp³-hybridized carbons (Fsp3) is 0.429. The van der Waals surface area contributed by atoms with Gasteiger partial charge in [-0.1, -0.05) is 44.0 Å². The number of rotatable bonds is 6. The van der Waals surface area contributed by atoms with Crippen molar-refractivity contribution in [3.63, 3.8) is 0 Å². The van der Waals surface area contributed by atoms with E-state index in [0.29, 0.717) is 6.54 Å². The average Bonchev–Trinajstić information content (AvgIpc) is 2.43. The zero-order valence-electron chi connectivity index (χ0n) is 10.8. The van der Waals surface area contributed by atoms with Crippen molar-refractivity contribution in [3.8, 4) is 0 Å². The molecule has 0 amide bonds. The van der Waals surface area contributed by atoms with Gasteiger partial charge in [-0.25, -0.2) is 0 Å². The summed E-state index contributed by atoms with van der Waals surface area (Å²) in [6, 6.07) is 8.38. The first kappa shape index (κ1) is 12.8. The molecule has 1 atom stereocenters. The lowest BCUT2D eigenvalue weighted by Crippen LogP contribution is -2.29. The molecule has 0 radical (unpaired) electrons. The van der Waals surface area contributed by atoms with Crippen molar-refractivity contribution >= 4 is 16.6 Å². The molecule has 96 valence electrons.